The SMILES string of the molecule is CCCCCCCCCCCCCCCC(=O)N[C@H](CCC(=O)N[C@H](CCC(=O)NCCCC[C@@H](N)C(C)=O)C(=O)O)C(=O)O. The van der Waals surface area contributed by atoms with E-state index in [1.54, 1.807) is 0 Å². The van der Waals surface area contributed by atoms with Crippen LogP contribution in [0.4, 0.5) is 0 Å². The molecule has 3 amide bonds. The summed E-state index contributed by atoms with van der Waals surface area (Å²) >= 11 is 0. The highest BCUT2D eigenvalue weighted by atomic mass is 16.4. The van der Waals surface area contributed by atoms with Crippen molar-refractivity contribution in [3.05, 3.63) is 0 Å². The number of carbonyl (C=O) groups excluding carboxylic acids is 4. The van der Waals surface area contributed by atoms with Gasteiger partial charge in [-0.25, -0.2) is 9.59 Å². The van der Waals surface area contributed by atoms with Crippen molar-refractivity contribution < 1.29 is 39.0 Å². The zero-order valence-corrected chi connectivity index (χ0v) is 27.7. The molecule has 0 aliphatic carbocycles. The lowest BCUT2D eigenvalue weighted by molar-refractivity contribution is -0.143. The number of carboxylic acid groups (broad SMARTS) is 2. The van der Waals surface area contributed by atoms with E-state index in [2.05, 4.69) is 22.9 Å². The molecular formula is C33H60N4O8. The summed E-state index contributed by atoms with van der Waals surface area (Å²) in [5.74, 6) is -4.11. The van der Waals surface area contributed by atoms with Crippen molar-refractivity contribution in [2.24, 2.45) is 5.73 Å². The Morgan fingerprint density at radius 1 is 0.556 bits per heavy atom. The Kier molecular flexibility index (Phi) is 25.5. The van der Waals surface area contributed by atoms with Crippen LogP contribution in [0, 0.1) is 0 Å². The highest BCUT2D eigenvalue weighted by Gasteiger charge is 2.24. The van der Waals surface area contributed by atoms with Crippen molar-refractivity contribution in [1.82, 2.24) is 16.0 Å². The molecule has 0 aliphatic rings. The van der Waals surface area contributed by atoms with Crippen LogP contribution in [0.1, 0.15) is 149 Å². The van der Waals surface area contributed by atoms with E-state index in [0.717, 1.165) is 19.3 Å². The van der Waals surface area contributed by atoms with Crippen LogP contribution >= 0.6 is 0 Å². The third-order valence-corrected chi connectivity index (χ3v) is 7.88. The van der Waals surface area contributed by atoms with Crippen LogP contribution in [-0.4, -0.2) is 70.3 Å². The Labute approximate surface area is 269 Å². The largest absolute Gasteiger partial charge is 0.480 e. The third kappa shape index (κ3) is 24.9. The molecule has 12 nitrogen and oxygen atoms in total. The van der Waals surface area contributed by atoms with Gasteiger partial charge in [0, 0.05) is 25.8 Å². The smallest absolute Gasteiger partial charge is 0.326 e. The number of nitrogens with one attached hydrogen (secondary N) is 3. The predicted octanol–water partition coefficient (Wildman–Crippen LogP) is 4.37. The molecule has 45 heavy (non-hydrogen) atoms. The van der Waals surface area contributed by atoms with Crippen LogP contribution in [0.2, 0.25) is 0 Å². The van der Waals surface area contributed by atoms with Crippen molar-refractivity contribution in [2.75, 3.05) is 6.54 Å². The second kappa shape index (κ2) is 27.3. The van der Waals surface area contributed by atoms with Gasteiger partial charge in [-0.3, -0.25) is 19.2 Å². The summed E-state index contributed by atoms with van der Waals surface area (Å²) in [5.41, 5.74) is 5.66. The minimum absolute atomic E-state index is 0.0933. The van der Waals surface area contributed by atoms with Crippen molar-refractivity contribution in [3.63, 3.8) is 0 Å². The van der Waals surface area contributed by atoms with Gasteiger partial charge in [-0.2, -0.15) is 0 Å². The molecule has 0 unspecified atom stereocenters. The Bertz CT molecular complexity index is 883. The fourth-order valence-electron chi connectivity index (χ4n) is 4.91. The summed E-state index contributed by atoms with van der Waals surface area (Å²) in [6.45, 7) is 4.01. The maximum Gasteiger partial charge on any atom is 0.326 e. The van der Waals surface area contributed by atoms with Gasteiger partial charge in [-0.1, -0.05) is 84.0 Å². The standard InChI is InChI=1S/C33H60N4O8/c1-3-4-5-6-7-8-9-10-11-12-13-14-15-19-30(40)36-28(33(44)45)21-23-31(41)37-27(32(42)43)20-22-29(39)35-24-17-16-18-26(34)25(2)38/h26-28H,3-24,34H2,1-2H3,(H,35,39)(H,36,40)(H,37,41)(H,42,43)(H,44,45)/t26-,27-,28-/m1/s1. The normalized spacial score (nSPS) is 13.0. The second-order valence-corrected chi connectivity index (χ2v) is 12.0. The first kappa shape index (κ1) is 42.0. The molecule has 12 heteroatoms. The number of hydrogen-bond donors (Lipinski definition) is 6. The summed E-state index contributed by atoms with van der Waals surface area (Å²) in [4.78, 5) is 71.0. The quantitative estimate of drug-likeness (QED) is 0.0616. The molecule has 7 N–H and O–H groups in total. The molecule has 0 aromatic heterocycles. The van der Waals surface area contributed by atoms with Crippen LogP contribution in [0.25, 0.3) is 0 Å². The molecule has 0 aliphatic heterocycles. The van der Waals surface area contributed by atoms with Crippen molar-refractivity contribution in [3.8, 4) is 0 Å². The zero-order valence-electron chi connectivity index (χ0n) is 27.7. The summed E-state index contributed by atoms with van der Waals surface area (Å²) in [5, 5.41) is 26.4. The number of unbranched alkanes of at least 4 members (excludes halogenated alkanes) is 13. The summed E-state index contributed by atoms with van der Waals surface area (Å²) in [7, 11) is 0. The fraction of sp³-hybridized carbons (Fsp3) is 0.818. The average molecular weight is 641 g/mol. The van der Waals surface area contributed by atoms with E-state index in [0.29, 0.717) is 32.2 Å². The molecular weight excluding hydrogens is 580 g/mol. The number of amides is 3. The molecule has 0 radical (unpaired) electrons. The number of carboxylic acids is 2. The molecule has 0 aromatic rings. The molecule has 0 saturated carbocycles. The van der Waals surface area contributed by atoms with Gasteiger partial charge in [-0.05, 0) is 45.4 Å². The van der Waals surface area contributed by atoms with E-state index in [1.165, 1.54) is 64.7 Å². The van der Waals surface area contributed by atoms with Gasteiger partial charge >= 0.3 is 11.9 Å². The minimum atomic E-state index is -1.31. The molecule has 260 valence electrons. The number of rotatable bonds is 30. The van der Waals surface area contributed by atoms with Crippen LogP contribution in [0.5, 0.6) is 0 Å². The number of nitrogens with two attached hydrogens (primary N) is 1. The van der Waals surface area contributed by atoms with Gasteiger partial charge < -0.3 is 31.9 Å². The second-order valence-electron chi connectivity index (χ2n) is 12.0. The van der Waals surface area contributed by atoms with E-state index >= 15 is 0 Å². The lowest BCUT2D eigenvalue weighted by atomic mass is 10.0. The number of Topliss-reactive ketones (excluding diaryl/α,β-unsaturated/α-hetero) is 1. The van der Waals surface area contributed by atoms with Crippen LogP contribution in [0.15, 0.2) is 0 Å². The van der Waals surface area contributed by atoms with Gasteiger partial charge in [0.15, 0.2) is 0 Å². The third-order valence-electron chi connectivity index (χ3n) is 7.88. The van der Waals surface area contributed by atoms with Gasteiger partial charge in [0.1, 0.15) is 17.9 Å². The molecule has 0 rings (SSSR count). The lowest BCUT2D eigenvalue weighted by Gasteiger charge is -2.17. The van der Waals surface area contributed by atoms with Crippen LogP contribution < -0.4 is 21.7 Å². The molecule has 3 atom stereocenters. The Morgan fingerprint density at radius 2 is 0.978 bits per heavy atom. The molecule has 0 saturated heterocycles. The minimum Gasteiger partial charge on any atom is -0.480 e. The fourth-order valence-corrected chi connectivity index (χ4v) is 4.91. The van der Waals surface area contributed by atoms with E-state index in [-0.39, 0.29) is 49.7 Å². The van der Waals surface area contributed by atoms with Crippen LogP contribution in [0.3, 0.4) is 0 Å². The molecule has 0 spiro atoms. The van der Waals surface area contributed by atoms with E-state index in [9.17, 15) is 39.0 Å². The topological polar surface area (TPSA) is 205 Å². The Balaban J connectivity index is 4.18. The summed E-state index contributed by atoms with van der Waals surface area (Å²) < 4.78 is 0. The number of hydrogen-bond acceptors (Lipinski definition) is 7. The van der Waals surface area contributed by atoms with Gasteiger partial charge in [0.25, 0.3) is 0 Å². The maximum atomic E-state index is 12.4. The first-order valence-corrected chi connectivity index (χ1v) is 17.0. The maximum absolute atomic E-state index is 12.4. The van der Waals surface area contributed by atoms with Gasteiger partial charge in [0.05, 0.1) is 6.04 Å². The molecule has 0 heterocycles. The Morgan fingerprint density at radius 3 is 1.42 bits per heavy atom. The monoisotopic (exact) mass is 640 g/mol. The lowest BCUT2D eigenvalue weighted by Crippen LogP contribution is -2.44. The molecule has 0 bridgehead atoms. The van der Waals surface area contributed by atoms with Crippen molar-refractivity contribution in [2.45, 2.75) is 167 Å². The van der Waals surface area contributed by atoms with Crippen molar-refractivity contribution >= 4 is 35.4 Å². The average Bonchev–Trinajstić information content (AvgIpc) is 2.98. The number of aliphatic carboxylic acids is 2. The highest BCUT2D eigenvalue weighted by Crippen LogP contribution is 2.13. The molecule has 0 aromatic carbocycles. The molecule has 0 fully saturated rings. The van der Waals surface area contributed by atoms with Crippen molar-refractivity contribution in [1.29, 1.82) is 0 Å². The summed E-state index contributed by atoms with van der Waals surface area (Å²) in [6, 6.07) is -3.09. The predicted molar refractivity (Wildman–Crippen MR) is 173 cm³/mol. The number of carbonyl (C=O) groups is 6. The number of ketones is 1. The van der Waals surface area contributed by atoms with Crippen LogP contribution in [-0.2, 0) is 28.8 Å². The zero-order chi connectivity index (χ0) is 33.9. The van der Waals surface area contributed by atoms with Gasteiger partial charge in [0.2, 0.25) is 17.7 Å². The Hall–Kier alpha value is -3.02. The first-order chi connectivity index (χ1) is 21.5. The van der Waals surface area contributed by atoms with Gasteiger partial charge in [-0.15, -0.1) is 0 Å². The first-order valence-electron chi connectivity index (χ1n) is 17.0. The summed E-state index contributed by atoms with van der Waals surface area (Å²) in [6.07, 6.45) is 16.6. The van der Waals surface area contributed by atoms with E-state index in [4.69, 9.17) is 5.73 Å². The van der Waals surface area contributed by atoms with E-state index in [1.807, 2.05) is 0 Å². The van der Waals surface area contributed by atoms with E-state index < -0.39 is 36.0 Å². The highest BCUT2D eigenvalue weighted by molar-refractivity contribution is 5.86.